The van der Waals surface area contributed by atoms with Gasteiger partial charge < -0.3 is 14.3 Å². The van der Waals surface area contributed by atoms with Gasteiger partial charge in [0.05, 0.1) is 14.2 Å². The highest BCUT2D eigenvalue weighted by Crippen LogP contribution is 2.42. The average molecular weight is 315 g/mol. The minimum Gasteiger partial charge on any atom is -0.493 e. The molecule has 0 aromatic heterocycles. The number of hydrogen-bond acceptors (Lipinski definition) is 3. The van der Waals surface area contributed by atoms with E-state index in [1.54, 1.807) is 14.2 Å². The van der Waals surface area contributed by atoms with Gasteiger partial charge in [0, 0.05) is 16.5 Å². The summed E-state index contributed by atoms with van der Waals surface area (Å²) in [7, 11) is 3.26. The van der Waals surface area contributed by atoms with E-state index in [0.717, 1.165) is 34.1 Å². The predicted molar refractivity (Wildman–Crippen MR) is 75.7 cm³/mol. The Morgan fingerprint density at radius 2 is 2.06 bits per heavy atom. The van der Waals surface area contributed by atoms with Crippen LogP contribution in [0.2, 0.25) is 0 Å². The molecule has 0 bridgehead atoms. The minimum atomic E-state index is 0.159. The lowest BCUT2D eigenvalue weighted by Crippen LogP contribution is -2.05. The summed E-state index contributed by atoms with van der Waals surface area (Å²) >= 11 is 3.56. The number of ether oxygens (including phenoxy) is 2. The Kier molecular flexibility index (Phi) is 5.66. The van der Waals surface area contributed by atoms with E-state index in [-0.39, 0.29) is 5.92 Å². The molecular weight excluding hydrogens is 296 g/mol. The summed E-state index contributed by atoms with van der Waals surface area (Å²) in [6.07, 6.45) is 2.28. The Labute approximate surface area is 117 Å². The van der Waals surface area contributed by atoms with Gasteiger partial charge in [-0.1, -0.05) is 29.8 Å². The minimum absolute atomic E-state index is 0.159. The zero-order valence-corrected chi connectivity index (χ0v) is 12.8. The molecule has 18 heavy (non-hydrogen) atoms. The first-order chi connectivity index (χ1) is 8.60. The molecule has 0 aliphatic heterocycles. The van der Waals surface area contributed by atoms with E-state index >= 15 is 0 Å². The van der Waals surface area contributed by atoms with Crippen molar-refractivity contribution in [3.8, 4) is 11.5 Å². The van der Waals surface area contributed by atoms with E-state index in [0.29, 0.717) is 12.2 Å². The second-order valence-electron chi connectivity index (χ2n) is 4.14. The maximum atomic E-state index is 10.7. The van der Waals surface area contributed by atoms with Crippen molar-refractivity contribution in [2.24, 2.45) is 0 Å². The molecule has 3 nitrogen and oxygen atoms in total. The third-order valence-corrected chi connectivity index (χ3v) is 3.71. The van der Waals surface area contributed by atoms with Crippen LogP contribution in [0.15, 0.2) is 10.5 Å². The van der Waals surface area contributed by atoms with Crippen LogP contribution in [-0.2, 0) is 11.2 Å². The van der Waals surface area contributed by atoms with Gasteiger partial charge in [0.1, 0.15) is 6.29 Å². The highest BCUT2D eigenvalue weighted by molar-refractivity contribution is 9.10. The monoisotopic (exact) mass is 314 g/mol. The fourth-order valence-electron chi connectivity index (χ4n) is 2.19. The van der Waals surface area contributed by atoms with Crippen LogP contribution in [-0.4, -0.2) is 20.5 Å². The van der Waals surface area contributed by atoms with Gasteiger partial charge in [-0.25, -0.2) is 0 Å². The molecule has 0 spiro atoms. The van der Waals surface area contributed by atoms with Crippen molar-refractivity contribution in [1.82, 2.24) is 0 Å². The standard InChI is InChI=1S/C14H19BrO3/c1-5-10-13(9(2)6-7-16)11(15)8-12(17-3)14(10)18-4/h7-9H,5-6H2,1-4H3. The highest BCUT2D eigenvalue weighted by Gasteiger charge is 2.20. The largest absolute Gasteiger partial charge is 0.493 e. The molecule has 0 fully saturated rings. The molecule has 0 aliphatic rings. The fraction of sp³-hybridized carbons (Fsp3) is 0.500. The lowest BCUT2D eigenvalue weighted by Gasteiger charge is -2.21. The summed E-state index contributed by atoms with van der Waals surface area (Å²) in [5.74, 6) is 1.63. The molecule has 1 aromatic carbocycles. The smallest absolute Gasteiger partial charge is 0.164 e. The van der Waals surface area contributed by atoms with Crippen LogP contribution in [0.1, 0.15) is 37.3 Å². The number of rotatable bonds is 6. The first-order valence-corrected chi connectivity index (χ1v) is 6.76. The molecule has 1 aromatic rings. The van der Waals surface area contributed by atoms with Crippen LogP contribution >= 0.6 is 15.9 Å². The Balaban J connectivity index is 3.45. The van der Waals surface area contributed by atoms with Gasteiger partial charge in [0.15, 0.2) is 11.5 Å². The van der Waals surface area contributed by atoms with Gasteiger partial charge in [-0.3, -0.25) is 0 Å². The van der Waals surface area contributed by atoms with Gasteiger partial charge in [0.2, 0.25) is 0 Å². The van der Waals surface area contributed by atoms with Crippen LogP contribution in [0.5, 0.6) is 11.5 Å². The Hall–Kier alpha value is -1.03. The van der Waals surface area contributed by atoms with Crippen molar-refractivity contribution in [1.29, 1.82) is 0 Å². The van der Waals surface area contributed by atoms with E-state index in [1.165, 1.54) is 0 Å². The van der Waals surface area contributed by atoms with Crippen LogP contribution in [0, 0.1) is 0 Å². The van der Waals surface area contributed by atoms with E-state index < -0.39 is 0 Å². The normalized spacial score (nSPS) is 12.1. The van der Waals surface area contributed by atoms with Gasteiger partial charge in [0.25, 0.3) is 0 Å². The Morgan fingerprint density at radius 1 is 1.39 bits per heavy atom. The van der Waals surface area contributed by atoms with Gasteiger partial charge in [-0.2, -0.15) is 0 Å². The van der Waals surface area contributed by atoms with Crippen molar-refractivity contribution in [2.75, 3.05) is 14.2 Å². The summed E-state index contributed by atoms with van der Waals surface area (Å²) < 4.78 is 11.7. The number of carbonyl (C=O) groups is 1. The zero-order valence-electron chi connectivity index (χ0n) is 11.2. The molecule has 0 aliphatic carbocycles. The van der Waals surface area contributed by atoms with Crippen molar-refractivity contribution in [2.45, 2.75) is 32.6 Å². The summed E-state index contributed by atoms with van der Waals surface area (Å²) in [6.45, 7) is 4.11. The molecule has 0 saturated heterocycles. The molecule has 100 valence electrons. The lowest BCUT2D eigenvalue weighted by atomic mass is 9.91. The predicted octanol–water partition coefficient (Wildman–Crippen LogP) is 3.72. The quantitative estimate of drug-likeness (QED) is 0.751. The molecular formula is C14H19BrO3. The third-order valence-electron chi connectivity index (χ3n) is 3.06. The SMILES string of the molecule is CCc1c(OC)c(OC)cc(Br)c1C(C)CC=O. The zero-order chi connectivity index (χ0) is 13.7. The molecule has 1 atom stereocenters. The summed E-state index contributed by atoms with van der Waals surface area (Å²) in [6, 6.07) is 1.90. The van der Waals surface area contributed by atoms with E-state index in [9.17, 15) is 4.79 Å². The first-order valence-electron chi connectivity index (χ1n) is 5.97. The summed E-state index contributed by atoms with van der Waals surface area (Å²) in [5, 5.41) is 0. The van der Waals surface area contributed by atoms with Crippen molar-refractivity contribution >= 4 is 22.2 Å². The molecule has 4 heteroatoms. The molecule has 0 N–H and O–H groups in total. The van der Waals surface area contributed by atoms with E-state index in [1.807, 2.05) is 13.0 Å². The first kappa shape index (κ1) is 15.0. The number of carbonyl (C=O) groups excluding carboxylic acids is 1. The second-order valence-corrected chi connectivity index (χ2v) is 5.00. The summed E-state index contributed by atoms with van der Waals surface area (Å²) in [4.78, 5) is 10.7. The molecule has 0 heterocycles. The molecule has 1 rings (SSSR count). The topological polar surface area (TPSA) is 35.5 Å². The lowest BCUT2D eigenvalue weighted by molar-refractivity contribution is -0.108. The van der Waals surface area contributed by atoms with Crippen LogP contribution in [0.3, 0.4) is 0 Å². The molecule has 0 saturated carbocycles. The fourth-order valence-corrected chi connectivity index (χ4v) is 3.03. The van der Waals surface area contributed by atoms with Crippen LogP contribution in [0.25, 0.3) is 0 Å². The van der Waals surface area contributed by atoms with Gasteiger partial charge in [-0.05, 0) is 24.0 Å². The second kappa shape index (κ2) is 6.78. The number of aldehydes is 1. The summed E-state index contributed by atoms with van der Waals surface area (Å²) in [5.41, 5.74) is 2.22. The number of halogens is 1. The average Bonchev–Trinajstić information content (AvgIpc) is 2.37. The maximum absolute atomic E-state index is 10.7. The van der Waals surface area contributed by atoms with Crippen molar-refractivity contribution < 1.29 is 14.3 Å². The van der Waals surface area contributed by atoms with Crippen LogP contribution in [0.4, 0.5) is 0 Å². The van der Waals surface area contributed by atoms with Crippen molar-refractivity contribution in [3.05, 3.63) is 21.7 Å². The third kappa shape index (κ3) is 2.86. The Bertz CT molecular complexity index is 430. The Morgan fingerprint density at radius 3 is 2.50 bits per heavy atom. The molecule has 0 amide bonds. The van der Waals surface area contributed by atoms with Gasteiger partial charge >= 0.3 is 0 Å². The van der Waals surface area contributed by atoms with E-state index in [2.05, 4.69) is 22.9 Å². The van der Waals surface area contributed by atoms with Crippen LogP contribution < -0.4 is 9.47 Å². The van der Waals surface area contributed by atoms with Gasteiger partial charge in [-0.15, -0.1) is 0 Å². The number of benzene rings is 1. The molecule has 0 radical (unpaired) electrons. The maximum Gasteiger partial charge on any atom is 0.164 e. The number of hydrogen-bond donors (Lipinski definition) is 0. The number of methoxy groups -OCH3 is 2. The molecule has 1 unspecified atom stereocenters. The van der Waals surface area contributed by atoms with E-state index in [4.69, 9.17) is 9.47 Å². The van der Waals surface area contributed by atoms with Crippen molar-refractivity contribution in [3.63, 3.8) is 0 Å². The highest BCUT2D eigenvalue weighted by atomic mass is 79.9.